The van der Waals surface area contributed by atoms with Gasteiger partial charge in [0.15, 0.2) is 0 Å². The van der Waals surface area contributed by atoms with Crippen LogP contribution in [0.25, 0.3) is 10.9 Å². The number of aliphatic hydroxyl groups is 1. The normalized spacial score (nSPS) is 18.1. The van der Waals surface area contributed by atoms with Crippen LogP contribution in [0.1, 0.15) is 24.6 Å². The number of aliphatic hydroxyl groups excluding tert-OH is 1. The first-order chi connectivity index (χ1) is 11.6. The second-order valence-corrected chi connectivity index (χ2v) is 6.73. The Morgan fingerprint density at radius 2 is 1.79 bits per heavy atom. The number of piperazine rings is 1. The molecule has 1 aliphatic heterocycles. The van der Waals surface area contributed by atoms with Crippen molar-refractivity contribution in [3.05, 3.63) is 35.5 Å². The van der Waals surface area contributed by atoms with Crippen LogP contribution >= 0.6 is 0 Å². The molecular formula is C19H27N3O2. The Bertz CT molecular complexity index is 696. The molecule has 1 aromatic heterocycles. The summed E-state index contributed by atoms with van der Waals surface area (Å²) in [6, 6.07) is 7.80. The van der Waals surface area contributed by atoms with Crippen molar-refractivity contribution in [2.75, 3.05) is 32.7 Å². The number of aryl methyl sites for hydroxylation is 1. The summed E-state index contributed by atoms with van der Waals surface area (Å²) in [7, 11) is 0. The van der Waals surface area contributed by atoms with Gasteiger partial charge in [-0.15, -0.1) is 0 Å². The molecule has 0 radical (unpaired) electrons. The zero-order chi connectivity index (χ0) is 17.1. The first-order valence-corrected chi connectivity index (χ1v) is 8.77. The average molecular weight is 329 g/mol. The Morgan fingerprint density at radius 1 is 1.08 bits per heavy atom. The maximum absolute atomic E-state index is 10.1. The van der Waals surface area contributed by atoms with Gasteiger partial charge in [0.05, 0.1) is 6.10 Å². The van der Waals surface area contributed by atoms with Crippen LogP contribution in [0.5, 0.6) is 5.75 Å². The van der Waals surface area contributed by atoms with Crippen LogP contribution < -0.4 is 0 Å². The van der Waals surface area contributed by atoms with E-state index in [9.17, 15) is 10.2 Å². The smallest absolute Gasteiger partial charge is 0.141 e. The fourth-order valence-corrected chi connectivity index (χ4v) is 3.30. The molecule has 3 rings (SSSR count). The van der Waals surface area contributed by atoms with Gasteiger partial charge in [-0.3, -0.25) is 9.80 Å². The zero-order valence-corrected chi connectivity index (χ0v) is 14.6. The molecule has 130 valence electrons. The average Bonchev–Trinajstić information content (AvgIpc) is 2.59. The van der Waals surface area contributed by atoms with Gasteiger partial charge < -0.3 is 10.2 Å². The molecule has 5 heteroatoms. The number of aromatic hydroxyl groups is 1. The summed E-state index contributed by atoms with van der Waals surface area (Å²) in [5, 5.41) is 20.9. The number of benzene rings is 1. The van der Waals surface area contributed by atoms with E-state index in [1.165, 1.54) is 5.56 Å². The molecule has 1 atom stereocenters. The number of fused-ring (bicyclic) bond motifs is 1. The van der Waals surface area contributed by atoms with E-state index in [0.717, 1.165) is 56.8 Å². The van der Waals surface area contributed by atoms with E-state index >= 15 is 0 Å². The maximum atomic E-state index is 10.1. The number of phenolic OH excluding ortho intramolecular Hbond substituents is 1. The Morgan fingerprint density at radius 3 is 2.50 bits per heavy atom. The highest BCUT2D eigenvalue weighted by molar-refractivity contribution is 5.87. The lowest BCUT2D eigenvalue weighted by atomic mass is 10.1. The summed E-state index contributed by atoms with van der Waals surface area (Å²) in [5.41, 5.74) is 2.81. The number of nitrogens with zero attached hydrogens (tertiary/aromatic N) is 3. The maximum Gasteiger partial charge on any atom is 0.141 e. The Balaban J connectivity index is 1.67. The van der Waals surface area contributed by atoms with Gasteiger partial charge in [0.25, 0.3) is 0 Å². The van der Waals surface area contributed by atoms with Crippen LogP contribution in [-0.2, 0) is 6.54 Å². The highest BCUT2D eigenvalue weighted by atomic mass is 16.3. The van der Waals surface area contributed by atoms with Gasteiger partial charge in [0, 0.05) is 50.3 Å². The first kappa shape index (κ1) is 17.1. The van der Waals surface area contributed by atoms with Crippen molar-refractivity contribution in [1.29, 1.82) is 0 Å². The van der Waals surface area contributed by atoms with Gasteiger partial charge in [0.2, 0.25) is 0 Å². The van der Waals surface area contributed by atoms with E-state index in [2.05, 4.69) is 20.9 Å². The van der Waals surface area contributed by atoms with Crippen molar-refractivity contribution < 1.29 is 10.2 Å². The predicted octanol–water partition coefficient (Wildman–Crippen LogP) is 2.14. The molecule has 1 aromatic carbocycles. The van der Waals surface area contributed by atoms with Crippen molar-refractivity contribution in [3.8, 4) is 5.75 Å². The van der Waals surface area contributed by atoms with Crippen LogP contribution in [0.15, 0.2) is 24.3 Å². The molecule has 2 N–H and O–H groups in total. The summed E-state index contributed by atoms with van der Waals surface area (Å²) in [6.45, 7) is 9.58. The number of phenols is 1. The summed E-state index contributed by atoms with van der Waals surface area (Å²) in [6.07, 6.45) is 0.596. The number of hydrogen-bond donors (Lipinski definition) is 2. The molecule has 1 fully saturated rings. The fourth-order valence-electron chi connectivity index (χ4n) is 3.30. The van der Waals surface area contributed by atoms with Crippen molar-refractivity contribution >= 4 is 10.9 Å². The Labute approximate surface area is 143 Å². The molecule has 1 aliphatic rings. The molecule has 2 heterocycles. The van der Waals surface area contributed by atoms with Crippen LogP contribution in [0.2, 0.25) is 0 Å². The molecule has 24 heavy (non-hydrogen) atoms. The van der Waals surface area contributed by atoms with Crippen LogP contribution in [0.4, 0.5) is 0 Å². The second kappa shape index (κ2) is 7.47. The summed E-state index contributed by atoms with van der Waals surface area (Å²) in [4.78, 5) is 9.25. The zero-order valence-electron chi connectivity index (χ0n) is 14.6. The number of β-amino-alcohol motifs (C(OH)–C–C–N with tert-alkyl or cyclic N) is 1. The van der Waals surface area contributed by atoms with Gasteiger partial charge >= 0.3 is 0 Å². The number of hydrogen-bond acceptors (Lipinski definition) is 5. The lowest BCUT2D eigenvalue weighted by Gasteiger charge is -2.35. The topological polar surface area (TPSA) is 59.8 Å². The van der Waals surface area contributed by atoms with E-state index in [0.29, 0.717) is 5.52 Å². The summed E-state index contributed by atoms with van der Waals surface area (Å²) >= 11 is 0. The molecule has 0 amide bonds. The highest BCUT2D eigenvalue weighted by Gasteiger charge is 2.19. The van der Waals surface area contributed by atoms with E-state index in [1.807, 2.05) is 26.0 Å². The largest absolute Gasteiger partial charge is 0.506 e. The molecule has 2 aromatic rings. The van der Waals surface area contributed by atoms with Crippen molar-refractivity contribution in [2.24, 2.45) is 0 Å². The van der Waals surface area contributed by atoms with Gasteiger partial charge in [-0.25, -0.2) is 4.98 Å². The number of aromatic nitrogens is 1. The van der Waals surface area contributed by atoms with Gasteiger partial charge in [-0.1, -0.05) is 19.1 Å². The third-order valence-corrected chi connectivity index (χ3v) is 4.86. The third-order valence-electron chi connectivity index (χ3n) is 4.86. The van der Waals surface area contributed by atoms with Gasteiger partial charge in [0.1, 0.15) is 11.3 Å². The molecule has 0 spiro atoms. The van der Waals surface area contributed by atoms with Crippen molar-refractivity contribution in [3.63, 3.8) is 0 Å². The molecule has 5 nitrogen and oxygen atoms in total. The number of rotatable bonds is 5. The van der Waals surface area contributed by atoms with E-state index < -0.39 is 0 Å². The van der Waals surface area contributed by atoms with Crippen LogP contribution in [0, 0.1) is 6.92 Å². The Kier molecular flexibility index (Phi) is 5.33. The third kappa shape index (κ3) is 3.86. The van der Waals surface area contributed by atoms with Crippen molar-refractivity contribution in [2.45, 2.75) is 32.9 Å². The molecule has 1 unspecified atom stereocenters. The summed E-state index contributed by atoms with van der Waals surface area (Å²) in [5.74, 6) is 0.246. The SMILES string of the molecule is CCC(O)CN1CCN(Cc2ccc(O)c3nc(C)ccc23)CC1. The lowest BCUT2D eigenvalue weighted by Crippen LogP contribution is -2.48. The lowest BCUT2D eigenvalue weighted by molar-refractivity contribution is 0.0688. The van der Waals surface area contributed by atoms with Crippen LogP contribution in [0.3, 0.4) is 0 Å². The van der Waals surface area contributed by atoms with E-state index in [4.69, 9.17) is 0 Å². The fraction of sp³-hybridized carbons (Fsp3) is 0.526. The molecule has 0 aliphatic carbocycles. The standard InChI is InChI=1S/C19H27N3O2/c1-3-16(23)13-22-10-8-21(9-11-22)12-15-5-7-18(24)19-17(15)6-4-14(2)20-19/h4-7,16,23-24H,3,8-13H2,1-2H3. The van der Waals surface area contributed by atoms with E-state index in [1.54, 1.807) is 6.07 Å². The quantitative estimate of drug-likeness (QED) is 0.880. The predicted molar refractivity (Wildman–Crippen MR) is 96.2 cm³/mol. The first-order valence-electron chi connectivity index (χ1n) is 8.77. The number of pyridine rings is 1. The van der Waals surface area contributed by atoms with Gasteiger partial charge in [-0.05, 0) is 31.0 Å². The highest BCUT2D eigenvalue weighted by Crippen LogP contribution is 2.27. The summed E-state index contributed by atoms with van der Waals surface area (Å²) < 4.78 is 0. The molecular weight excluding hydrogens is 302 g/mol. The molecule has 1 saturated heterocycles. The second-order valence-electron chi connectivity index (χ2n) is 6.73. The minimum atomic E-state index is -0.216. The Hall–Kier alpha value is -1.69. The molecule has 0 bridgehead atoms. The molecule has 0 saturated carbocycles. The minimum Gasteiger partial charge on any atom is -0.506 e. The van der Waals surface area contributed by atoms with Crippen LogP contribution in [-0.4, -0.2) is 63.8 Å². The van der Waals surface area contributed by atoms with E-state index in [-0.39, 0.29) is 11.9 Å². The monoisotopic (exact) mass is 329 g/mol. The van der Waals surface area contributed by atoms with Crippen molar-refractivity contribution in [1.82, 2.24) is 14.8 Å². The minimum absolute atomic E-state index is 0.216. The van der Waals surface area contributed by atoms with Gasteiger partial charge in [-0.2, -0.15) is 0 Å².